The van der Waals surface area contributed by atoms with E-state index in [1.165, 1.54) is 25.7 Å². The van der Waals surface area contributed by atoms with Crippen molar-refractivity contribution in [3.05, 3.63) is 5.89 Å². The third-order valence-corrected chi connectivity index (χ3v) is 4.78. The number of hydrogen-bond acceptors (Lipinski definition) is 5. The highest BCUT2D eigenvalue weighted by Crippen LogP contribution is 2.39. The van der Waals surface area contributed by atoms with Crippen LogP contribution in [0.4, 0.5) is 6.01 Å². The third kappa shape index (κ3) is 2.32. The van der Waals surface area contributed by atoms with E-state index in [9.17, 15) is 4.79 Å². The quantitative estimate of drug-likeness (QED) is 0.880. The van der Waals surface area contributed by atoms with Crippen molar-refractivity contribution in [3.63, 3.8) is 0 Å². The molecule has 4 rings (SSSR count). The zero-order valence-corrected chi connectivity index (χ0v) is 11.5. The molecule has 1 aliphatic heterocycles. The third-order valence-electron chi connectivity index (χ3n) is 4.78. The summed E-state index contributed by atoms with van der Waals surface area (Å²) in [6, 6.07) is 0.650. The molecule has 0 bridgehead atoms. The number of hydrogen-bond donors (Lipinski definition) is 2. The van der Waals surface area contributed by atoms with E-state index in [0.29, 0.717) is 23.8 Å². The molecule has 1 amide bonds. The summed E-state index contributed by atoms with van der Waals surface area (Å²) in [5.41, 5.74) is 0. The van der Waals surface area contributed by atoms with Gasteiger partial charge in [-0.2, -0.15) is 0 Å². The van der Waals surface area contributed by atoms with E-state index >= 15 is 0 Å². The molecule has 0 aromatic carbocycles. The van der Waals surface area contributed by atoms with Crippen molar-refractivity contribution in [2.45, 2.75) is 62.9 Å². The molecule has 1 aromatic heterocycles. The van der Waals surface area contributed by atoms with E-state index < -0.39 is 0 Å². The molecule has 2 heterocycles. The lowest BCUT2D eigenvalue weighted by Gasteiger charge is -2.24. The van der Waals surface area contributed by atoms with Gasteiger partial charge in [-0.05, 0) is 38.0 Å². The SMILES string of the molecule is O=C(Nc1nnc(C2CC2)o1)C1CC2CCCCC2N1. The Kier molecular flexibility index (Phi) is 2.98. The van der Waals surface area contributed by atoms with Crippen LogP contribution in [0.25, 0.3) is 0 Å². The fraction of sp³-hybridized carbons (Fsp3) is 0.786. The summed E-state index contributed by atoms with van der Waals surface area (Å²) < 4.78 is 5.47. The van der Waals surface area contributed by atoms with Gasteiger partial charge in [-0.25, -0.2) is 0 Å². The van der Waals surface area contributed by atoms with Crippen LogP contribution in [0.3, 0.4) is 0 Å². The van der Waals surface area contributed by atoms with Gasteiger partial charge in [0.05, 0.1) is 6.04 Å². The van der Waals surface area contributed by atoms with Crippen LogP contribution >= 0.6 is 0 Å². The van der Waals surface area contributed by atoms with Crippen molar-refractivity contribution in [1.82, 2.24) is 15.5 Å². The fourth-order valence-corrected chi connectivity index (χ4v) is 3.49. The summed E-state index contributed by atoms with van der Waals surface area (Å²) in [6.07, 6.45) is 8.17. The minimum absolute atomic E-state index is 0.0367. The van der Waals surface area contributed by atoms with Crippen LogP contribution in [0.5, 0.6) is 0 Å². The van der Waals surface area contributed by atoms with E-state index in [4.69, 9.17) is 4.42 Å². The summed E-state index contributed by atoms with van der Waals surface area (Å²) in [6.45, 7) is 0. The molecule has 2 N–H and O–H groups in total. The van der Waals surface area contributed by atoms with Crippen molar-refractivity contribution in [1.29, 1.82) is 0 Å². The Bertz CT molecular complexity index is 497. The predicted molar refractivity (Wildman–Crippen MR) is 72.2 cm³/mol. The van der Waals surface area contributed by atoms with E-state index in [-0.39, 0.29) is 18.0 Å². The minimum atomic E-state index is -0.112. The molecule has 3 aliphatic rings. The van der Waals surface area contributed by atoms with Gasteiger partial charge in [0.2, 0.25) is 11.8 Å². The first kappa shape index (κ1) is 12.3. The smallest absolute Gasteiger partial charge is 0.322 e. The number of amides is 1. The Labute approximate surface area is 117 Å². The van der Waals surface area contributed by atoms with E-state index in [1.807, 2.05) is 0 Å². The van der Waals surface area contributed by atoms with Gasteiger partial charge < -0.3 is 9.73 Å². The van der Waals surface area contributed by atoms with Crippen molar-refractivity contribution in [2.75, 3.05) is 5.32 Å². The Morgan fingerprint density at radius 3 is 2.85 bits per heavy atom. The van der Waals surface area contributed by atoms with E-state index in [0.717, 1.165) is 19.3 Å². The molecule has 0 radical (unpaired) electrons. The fourth-order valence-electron chi connectivity index (χ4n) is 3.49. The normalized spacial score (nSPS) is 32.9. The minimum Gasteiger partial charge on any atom is -0.408 e. The second kappa shape index (κ2) is 4.84. The number of carbonyl (C=O) groups excluding carboxylic acids is 1. The van der Waals surface area contributed by atoms with Gasteiger partial charge in [0, 0.05) is 12.0 Å². The average Bonchev–Trinajstić information content (AvgIpc) is 3.04. The van der Waals surface area contributed by atoms with Crippen LogP contribution in [0, 0.1) is 5.92 Å². The molecule has 3 fully saturated rings. The maximum atomic E-state index is 12.3. The van der Waals surface area contributed by atoms with Gasteiger partial charge in [0.1, 0.15) is 0 Å². The van der Waals surface area contributed by atoms with Crippen molar-refractivity contribution < 1.29 is 9.21 Å². The molecule has 2 aliphatic carbocycles. The molecule has 6 nitrogen and oxygen atoms in total. The lowest BCUT2D eigenvalue weighted by molar-refractivity contribution is -0.118. The van der Waals surface area contributed by atoms with Gasteiger partial charge in [-0.15, -0.1) is 5.10 Å². The summed E-state index contributed by atoms with van der Waals surface area (Å²) in [5, 5.41) is 14.1. The first-order valence-corrected chi connectivity index (χ1v) is 7.70. The highest BCUT2D eigenvalue weighted by molar-refractivity contribution is 5.93. The molecule has 108 valence electrons. The second-order valence-corrected chi connectivity index (χ2v) is 6.31. The van der Waals surface area contributed by atoms with Crippen LogP contribution in [-0.4, -0.2) is 28.2 Å². The number of nitrogens with one attached hydrogen (secondary N) is 2. The van der Waals surface area contributed by atoms with E-state index in [2.05, 4.69) is 20.8 Å². The predicted octanol–water partition coefficient (Wildman–Crippen LogP) is 1.81. The number of carbonyl (C=O) groups is 1. The molecule has 1 saturated heterocycles. The van der Waals surface area contributed by atoms with Gasteiger partial charge >= 0.3 is 6.01 Å². The number of nitrogens with zero attached hydrogens (tertiary/aromatic N) is 2. The van der Waals surface area contributed by atoms with E-state index in [1.54, 1.807) is 0 Å². The van der Waals surface area contributed by atoms with Gasteiger partial charge in [0.15, 0.2) is 0 Å². The average molecular weight is 276 g/mol. The van der Waals surface area contributed by atoms with Crippen LogP contribution in [0.15, 0.2) is 4.42 Å². The summed E-state index contributed by atoms with van der Waals surface area (Å²) in [4.78, 5) is 12.3. The highest BCUT2D eigenvalue weighted by atomic mass is 16.4. The van der Waals surface area contributed by atoms with Gasteiger partial charge in [0.25, 0.3) is 0 Å². The van der Waals surface area contributed by atoms with Crippen LogP contribution in [0.1, 0.15) is 56.8 Å². The monoisotopic (exact) mass is 276 g/mol. The number of aromatic nitrogens is 2. The molecular formula is C14H20N4O2. The maximum Gasteiger partial charge on any atom is 0.322 e. The Hall–Kier alpha value is -1.43. The van der Waals surface area contributed by atoms with Crippen molar-refractivity contribution in [3.8, 4) is 0 Å². The lowest BCUT2D eigenvalue weighted by atomic mass is 9.85. The van der Waals surface area contributed by atoms with Crippen LogP contribution < -0.4 is 10.6 Å². The standard InChI is InChI=1S/C14H20N4O2/c19-12(11-7-9-3-1-2-4-10(9)15-11)16-14-18-17-13(20-14)8-5-6-8/h8-11,15H,1-7H2,(H,16,18,19). The summed E-state index contributed by atoms with van der Waals surface area (Å²) >= 11 is 0. The highest BCUT2D eigenvalue weighted by Gasteiger charge is 2.38. The van der Waals surface area contributed by atoms with Crippen LogP contribution in [0.2, 0.25) is 0 Å². The number of fused-ring (bicyclic) bond motifs is 1. The molecular weight excluding hydrogens is 256 g/mol. The first-order chi connectivity index (χ1) is 9.79. The second-order valence-electron chi connectivity index (χ2n) is 6.31. The first-order valence-electron chi connectivity index (χ1n) is 7.70. The van der Waals surface area contributed by atoms with Crippen LogP contribution in [-0.2, 0) is 4.79 Å². The molecule has 6 heteroatoms. The number of rotatable bonds is 3. The largest absolute Gasteiger partial charge is 0.408 e. The van der Waals surface area contributed by atoms with Crippen molar-refractivity contribution >= 4 is 11.9 Å². The molecule has 3 unspecified atom stereocenters. The summed E-state index contributed by atoms with van der Waals surface area (Å²) in [7, 11) is 0. The molecule has 0 spiro atoms. The van der Waals surface area contributed by atoms with Gasteiger partial charge in [-0.3, -0.25) is 10.1 Å². The summed E-state index contributed by atoms with van der Waals surface area (Å²) in [5.74, 6) is 1.70. The molecule has 1 aromatic rings. The zero-order valence-electron chi connectivity index (χ0n) is 11.5. The Morgan fingerprint density at radius 1 is 1.20 bits per heavy atom. The molecule has 2 saturated carbocycles. The Balaban J connectivity index is 1.37. The van der Waals surface area contributed by atoms with Crippen molar-refractivity contribution in [2.24, 2.45) is 5.92 Å². The lowest BCUT2D eigenvalue weighted by Crippen LogP contribution is -2.39. The molecule has 3 atom stereocenters. The maximum absolute atomic E-state index is 12.3. The molecule has 20 heavy (non-hydrogen) atoms. The number of anilines is 1. The van der Waals surface area contributed by atoms with Gasteiger partial charge in [-0.1, -0.05) is 17.9 Å². The topological polar surface area (TPSA) is 80.1 Å². The zero-order chi connectivity index (χ0) is 13.5. The Morgan fingerprint density at radius 2 is 2.05 bits per heavy atom.